The van der Waals surface area contributed by atoms with Gasteiger partial charge in [-0.05, 0) is 19.1 Å². The van der Waals surface area contributed by atoms with Crippen molar-refractivity contribution in [3.63, 3.8) is 0 Å². The number of terminal acetylenes is 1. The zero-order valence-corrected chi connectivity index (χ0v) is 16.0. The smallest absolute Gasteiger partial charge is 0.209 e. The number of aromatic nitrogens is 3. The third-order valence-corrected chi connectivity index (χ3v) is 4.97. The first kappa shape index (κ1) is 19.0. The molecule has 0 spiro atoms. The largest absolute Gasteiger partial charge is 0.490 e. The van der Waals surface area contributed by atoms with Crippen molar-refractivity contribution in [1.29, 1.82) is 0 Å². The third-order valence-electron chi connectivity index (χ3n) is 4.03. The predicted molar refractivity (Wildman–Crippen MR) is 103 cm³/mol. The highest BCUT2D eigenvalue weighted by Crippen LogP contribution is 2.38. The summed E-state index contributed by atoms with van der Waals surface area (Å²) in [5.74, 6) is 11.4. The van der Waals surface area contributed by atoms with E-state index in [9.17, 15) is 0 Å². The van der Waals surface area contributed by atoms with Crippen molar-refractivity contribution in [1.82, 2.24) is 14.9 Å². The number of nitrogen functional groups attached to an aromatic ring is 1. The van der Waals surface area contributed by atoms with Crippen molar-refractivity contribution in [2.24, 2.45) is 10.2 Å². The van der Waals surface area contributed by atoms with Crippen LogP contribution in [0.3, 0.4) is 0 Å². The predicted octanol–water partition coefficient (Wildman–Crippen LogP) is 3.03. The Morgan fingerprint density at radius 2 is 1.93 bits per heavy atom. The average molecular weight is 386 g/mol. The Hall–Kier alpha value is -2.73. The first-order valence-electron chi connectivity index (χ1n) is 8.72. The number of benzene rings is 1. The second kappa shape index (κ2) is 8.77. The summed E-state index contributed by atoms with van der Waals surface area (Å²) in [6.07, 6.45) is 7.58. The van der Waals surface area contributed by atoms with Crippen molar-refractivity contribution in [3.05, 3.63) is 30.1 Å². The summed E-state index contributed by atoms with van der Waals surface area (Å²) in [5.41, 5.74) is -0.298. The van der Waals surface area contributed by atoms with Crippen molar-refractivity contribution in [2.75, 3.05) is 18.2 Å². The second-order valence-corrected chi connectivity index (χ2v) is 6.98. The fourth-order valence-corrected chi connectivity index (χ4v) is 3.42. The molecule has 2 heterocycles. The molecule has 27 heavy (non-hydrogen) atoms. The molecule has 0 bridgehead atoms. The van der Waals surface area contributed by atoms with Gasteiger partial charge in [-0.15, -0.1) is 22.5 Å². The van der Waals surface area contributed by atoms with Gasteiger partial charge in [-0.3, -0.25) is 0 Å². The second-order valence-electron chi connectivity index (χ2n) is 5.92. The van der Waals surface area contributed by atoms with Crippen LogP contribution < -0.4 is 15.3 Å². The SMILES string of the molecule is C#CCCC1(CCSc2nnc(COc3ccccc3OCC)n2N)N=N1. The van der Waals surface area contributed by atoms with Crippen LogP contribution in [0, 0.1) is 12.3 Å². The summed E-state index contributed by atoms with van der Waals surface area (Å²) < 4.78 is 12.8. The van der Waals surface area contributed by atoms with E-state index in [2.05, 4.69) is 26.3 Å². The van der Waals surface area contributed by atoms with E-state index in [4.69, 9.17) is 21.7 Å². The first-order valence-corrected chi connectivity index (χ1v) is 9.70. The Labute approximate surface area is 162 Å². The van der Waals surface area contributed by atoms with Crippen LogP contribution in [0.5, 0.6) is 11.5 Å². The van der Waals surface area contributed by atoms with Crippen molar-refractivity contribution >= 4 is 11.8 Å². The summed E-state index contributed by atoms with van der Waals surface area (Å²) in [6, 6.07) is 7.48. The van der Waals surface area contributed by atoms with Crippen molar-refractivity contribution in [2.45, 2.75) is 43.6 Å². The van der Waals surface area contributed by atoms with Crippen LogP contribution >= 0.6 is 11.8 Å². The van der Waals surface area contributed by atoms with E-state index in [-0.39, 0.29) is 12.3 Å². The number of nitrogens with zero attached hydrogens (tertiary/aromatic N) is 5. The standard InChI is InChI=1S/C18H22N6O2S/c1-3-5-10-18(22-23-18)11-12-27-17-21-20-16(24(17)19)13-26-15-9-7-6-8-14(15)25-4-2/h1,6-9H,4-5,10-13,19H2,2H3. The topological polar surface area (TPSA) is 99.9 Å². The molecule has 0 aliphatic carbocycles. The highest BCUT2D eigenvalue weighted by molar-refractivity contribution is 7.99. The number of thioether (sulfide) groups is 1. The molecule has 0 fully saturated rings. The van der Waals surface area contributed by atoms with E-state index in [1.54, 1.807) is 0 Å². The Morgan fingerprint density at radius 1 is 1.19 bits per heavy atom. The van der Waals surface area contributed by atoms with Gasteiger partial charge in [0.05, 0.1) is 6.61 Å². The highest BCUT2D eigenvalue weighted by atomic mass is 32.2. The summed E-state index contributed by atoms with van der Waals surface area (Å²) in [7, 11) is 0. The van der Waals surface area contributed by atoms with E-state index < -0.39 is 0 Å². The van der Waals surface area contributed by atoms with Gasteiger partial charge in [-0.25, -0.2) is 4.68 Å². The van der Waals surface area contributed by atoms with E-state index in [0.717, 1.165) is 18.6 Å². The molecule has 0 saturated carbocycles. The summed E-state index contributed by atoms with van der Waals surface area (Å²) in [5, 5.41) is 17.1. The normalized spacial score (nSPS) is 13.9. The fraction of sp³-hybridized carbons (Fsp3) is 0.444. The van der Waals surface area contributed by atoms with Crippen LogP contribution in [0.2, 0.25) is 0 Å². The molecular formula is C18H22N6O2S. The molecule has 0 radical (unpaired) electrons. The average Bonchev–Trinajstić information content (AvgIpc) is 3.37. The lowest BCUT2D eigenvalue weighted by Crippen LogP contribution is -2.16. The quantitative estimate of drug-likeness (QED) is 0.362. The van der Waals surface area contributed by atoms with Gasteiger partial charge in [0.2, 0.25) is 5.16 Å². The molecule has 1 aromatic heterocycles. The van der Waals surface area contributed by atoms with E-state index in [1.165, 1.54) is 16.4 Å². The number of hydrogen-bond acceptors (Lipinski definition) is 8. The van der Waals surface area contributed by atoms with Gasteiger partial charge >= 0.3 is 0 Å². The van der Waals surface area contributed by atoms with E-state index >= 15 is 0 Å². The molecule has 0 amide bonds. The van der Waals surface area contributed by atoms with Crippen LogP contribution in [0.25, 0.3) is 0 Å². The van der Waals surface area contributed by atoms with E-state index in [0.29, 0.717) is 35.5 Å². The minimum absolute atomic E-state index is 0.199. The molecule has 8 nitrogen and oxygen atoms in total. The van der Waals surface area contributed by atoms with Gasteiger partial charge in [0.25, 0.3) is 0 Å². The molecule has 0 saturated heterocycles. The molecule has 2 N–H and O–H groups in total. The van der Waals surface area contributed by atoms with Crippen molar-refractivity contribution in [3.8, 4) is 23.8 Å². The Balaban J connectivity index is 1.51. The summed E-state index contributed by atoms with van der Waals surface area (Å²) in [4.78, 5) is 0. The lowest BCUT2D eigenvalue weighted by atomic mass is 10.1. The maximum absolute atomic E-state index is 6.10. The molecule has 2 aromatic rings. The summed E-state index contributed by atoms with van der Waals surface area (Å²) in [6.45, 7) is 2.69. The zero-order valence-electron chi connectivity index (χ0n) is 15.2. The van der Waals surface area contributed by atoms with E-state index in [1.807, 2.05) is 31.2 Å². The van der Waals surface area contributed by atoms with Crippen LogP contribution in [-0.4, -0.2) is 32.9 Å². The molecule has 0 atom stereocenters. The summed E-state index contributed by atoms with van der Waals surface area (Å²) >= 11 is 1.51. The lowest BCUT2D eigenvalue weighted by Gasteiger charge is -2.11. The highest BCUT2D eigenvalue weighted by Gasteiger charge is 2.38. The van der Waals surface area contributed by atoms with Gasteiger partial charge in [0.1, 0.15) is 6.61 Å². The Kier molecular flexibility index (Phi) is 6.19. The molecule has 142 valence electrons. The number of nitrogens with two attached hydrogens (primary N) is 1. The van der Waals surface area contributed by atoms with Gasteiger partial charge in [0, 0.05) is 25.0 Å². The van der Waals surface area contributed by atoms with Gasteiger partial charge in [0.15, 0.2) is 23.0 Å². The van der Waals surface area contributed by atoms with Crippen LogP contribution in [0.4, 0.5) is 0 Å². The molecule has 3 rings (SSSR count). The molecule has 1 aliphatic rings. The monoisotopic (exact) mass is 386 g/mol. The Morgan fingerprint density at radius 3 is 2.59 bits per heavy atom. The van der Waals surface area contributed by atoms with Gasteiger partial charge in [-0.2, -0.15) is 10.2 Å². The molecule has 9 heteroatoms. The van der Waals surface area contributed by atoms with Crippen molar-refractivity contribution < 1.29 is 9.47 Å². The fourth-order valence-electron chi connectivity index (χ4n) is 2.46. The van der Waals surface area contributed by atoms with Gasteiger partial charge in [-0.1, -0.05) is 23.9 Å². The maximum Gasteiger partial charge on any atom is 0.209 e. The number of hydrogen-bond donors (Lipinski definition) is 1. The molecule has 1 aliphatic heterocycles. The minimum atomic E-state index is -0.298. The lowest BCUT2D eigenvalue weighted by molar-refractivity contribution is 0.260. The number of ether oxygens (including phenoxy) is 2. The number of para-hydroxylation sites is 2. The third kappa shape index (κ3) is 4.92. The Bertz CT molecular complexity index is 839. The minimum Gasteiger partial charge on any atom is -0.490 e. The molecule has 1 aromatic carbocycles. The maximum atomic E-state index is 6.10. The number of rotatable bonds is 11. The molecular weight excluding hydrogens is 364 g/mol. The van der Waals surface area contributed by atoms with Gasteiger partial charge < -0.3 is 15.3 Å². The molecule has 0 unspecified atom stereocenters. The van der Waals surface area contributed by atoms with Crippen LogP contribution in [-0.2, 0) is 6.61 Å². The first-order chi connectivity index (χ1) is 13.2. The van der Waals surface area contributed by atoms with Crippen LogP contribution in [0.1, 0.15) is 32.0 Å². The van der Waals surface area contributed by atoms with Crippen LogP contribution in [0.15, 0.2) is 39.7 Å². The zero-order chi connectivity index (χ0) is 19.1.